The van der Waals surface area contributed by atoms with E-state index in [1.807, 2.05) is 12.1 Å². The van der Waals surface area contributed by atoms with Crippen molar-refractivity contribution in [3.63, 3.8) is 0 Å². The van der Waals surface area contributed by atoms with Gasteiger partial charge in [-0.3, -0.25) is 9.59 Å². The molecule has 0 bridgehead atoms. The third kappa shape index (κ3) is 4.42. The zero-order valence-electron chi connectivity index (χ0n) is 15.2. The van der Waals surface area contributed by atoms with Gasteiger partial charge in [-0.25, -0.2) is 0 Å². The zero-order chi connectivity index (χ0) is 18.5. The summed E-state index contributed by atoms with van der Waals surface area (Å²) >= 11 is 0. The van der Waals surface area contributed by atoms with Crippen LogP contribution in [0.4, 0.5) is 11.4 Å². The van der Waals surface area contributed by atoms with Crippen LogP contribution < -0.4 is 15.0 Å². The highest BCUT2D eigenvalue weighted by atomic mass is 16.5. The molecule has 0 aromatic heterocycles. The van der Waals surface area contributed by atoms with Gasteiger partial charge in [0.15, 0.2) is 0 Å². The van der Waals surface area contributed by atoms with E-state index in [0.29, 0.717) is 17.4 Å². The predicted octanol–water partition coefficient (Wildman–Crippen LogP) is 4.24. The first-order valence-electron chi connectivity index (χ1n) is 8.95. The second kappa shape index (κ2) is 8.04. The molecule has 1 saturated carbocycles. The molecule has 26 heavy (non-hydrogen) atoms. The highest BCUT2D eigenvalue weighted by Gasteiger charge is 2.16. The largest absolute Gasteiger partial charge is 0.490 e. The maximum absolute atomic E-state index is 12.4. The molecule has 5 nitrogen and oxygen atoms in total. The van der Waals surface area contributed by atoms with Crippen molar-refractivity contribution in [2.24, 2.45) is 0 Å². The Bertz CT molecular complexity index is 763. The van der Waals surface area contributed by atoms with E-state index in [0.717, 1.165) is 24.3 Å². The number of benzene rings is 2. The molecule has 1 aliphatic carbocycles. The quantitative estimate of drug-likeness (QED) is 0.875. The highest BCUT2D eigenvalue weighted by Crippen LogP contribution is 2.24. The van der Waals surface area contributed by atoms with E-state index in [-0.39, 0.29) is 11.8 Å². The molecule has 0 spiro atoms. The van der Waals surface area contributed by atoms with Crippen LogP contribution in [0.25, 0.3) is 0 Å². The number of amides is 2. The van der Waals surface area contributed by atoms with Crippen molar-refractivity contribution in [3.8, 4) is 5.75 Å². The van der Waals surface area contributed by atoms with E-state index in [4.69, 9.17) is 4.74 Å². The van der Waals surface area contributed by atoms with E-state index in [1.54, 1.807) is 48.3 Å². The first-order chi connectivity index (χ1) is 12.5. The number of anilines is 2. The fourth-order valence-electron chi connectivity index (χ4n) is 3.04. The van der Waals surface area contributed by atoms with Crippen molar-refractivity contribution in [1.82, 2.24) is 0 Å². The van der Waals surface area contributed by atoms with E-state index in [9.17, 15) is 9.59 Å². The summed E-state index contributed by atoms with van der Waals surface area (Å²) in [5.41, 5.74) is 2.04. The number of nitrogens with one attached hydrogen (secondary N) is 1. The van der Waals surface area contributed by atoms with Gasteiger partial charge in [-0.2, -0.15) is 0 Å². The predicted molar refractivity (Wildman–Crippen MR) is 103 cm³/mol. The summed E-state index contributed by atoms with van der Waals surface area (Å²) in [5.74, 6) is 0.594. The average Bonchev–Trinajstić information content (AvgIpc) is 3.15. The fraction of sp³-hybridized carbons (Fsp3) is 0.333. The molecule has 3 rings (SSSR count). The molecule has 5 heteroatoms. The van der Waals surface area contributed by atoms with Crippen molar-refractivity contribution in [2.45, 2.75) is 38.7 Å². The molecule has 1 N–H and O–H groups in total. The van der Waals surface area contributed by atoms with Crippen LogP contribution in [0.2, 0.25) is 0 Å². The normalized spacial score (nSPS) is 14.1. The number of nitrogens with zero attached hydrogens (tertiary/aromatic N) is 1. The number of rotatable bonds is 5. The molecule has 1 aliphatic rings. The molecule has 0 atom stereocenters. The summed E-state index contributed by atoms with van der Waals surface area (Å²) in [4.78, 5) is 25.3. The first kappa shape index (κ1) is 18.0. The SMILES string of the molecule is CC(=O)N(C)c1ccc(NC(=O)c2ccc(OC3CCCC3)cc2)cc1. The number of hydrogen-bond donors (Lipinski definition) is 1. The van der Waals surface area contributed by atoms with Gasteiger partial charge in [0.25, 0.3) is 5.91 Å². The van der Waals surface area contributed by atoms with Gasteiger partial charge >= 0.3 is 0 Å². The minimum absolute atomic E-state index is 0.0401. The number of carbonyl (C=O) groups excluding carboxylic acids is 2. The Labute approximate surface area is 154 Å². The van der Waals surface area contributed by atoms with Crippen molar-refractivity contribution in [3.05, 3.63) is 54.1 Å². The molecule has 0 saturated heterocycles. The lowest BCUT2D eigenvalue weighted by molar-refractivity contribution is -0.116. The molecule has 0 unspecified atom stereocenters. The molecular formula is C21H24N2O3. The van der Waals surface area contributed by atoms with Crippen molar-refractivity contribution in [1.29, 1.82) is 0 Å². The Hall–Kier alpha value is -2.82. The molecule has 0 heterocycles. The van der Waals surface area contributed by atoms with E-state index < -0.39 is 0 Å². The lowest BCUT2D eigenvalue weighted by atomic mass is 10.2. The third-order valence-corrected chi connectivity index (χ3v) is 4.71. The Morgan fingerprint density at radius 2 is 1.62 bits per heavy atom. The lowest BCUT2D eigenvalue weighted by Gasteiger charge is -2.15. The minimum Gasteiger partial charge on any atom is -0.490 e. The fourth-order valence-corrected chi connectivity index (χ4v) is 3.04. The summed E-state index contributed by atoms with van der Waals surface area (Å²) in [6.07, 6.45) is 4.98. The smallest absolute Gasteiger partial charge is 0.255 e. The lowest BCUT2D eigenvalue weighted by Crippen LogP contribution is -2.22. The van der Waals surface area contributed by atoms with Gasteiger partial charge in [-0.05, 0) is 74.2 Å². The first-order valence-corrected chi connectivity index (χ1v) is 8.95. The maximum Gasteiger partial charge on any atom is 0.255 e. The Morgan fingerprint density at radius 3 is 2.19 bits per heavy atom. The zero-order valence-corrected chi connectivity index (χ0v) is 15.2. The van der Waals surface area contributed by atoms with Crippen LogP contribution in [0.5, 0.6) is 5.75 Å². The number of carbonyl (C=O) groups is 2. The van der Waals surface area contributed by atoms with Gasteiger partial charge in [0.05, 0.1) is 6.10 Å². The van der Waals surface area contributed by atoms with Gasteiger partial charge < -0.3 is 15.0 Å². The number of hydrogen-bond acceptors (Lipinski definition) is 3. The molecule has 2 amide bonds. The maximum atomic E-state index is 12.4. The molecule has 0 radical (unpaired) electrons. The summed E-state index contributed by atoms with van der Waals surface area (Å²) < 4.78 is 5.92. The topological polar surface area (TPSA) is 58.6 Å². The van der Waals surface area contributed by atoms with Crippen LogP contribution in [0.1, 0.15) is 43.0 Å². The van der Waals surface area contributed by atoms with Crippen LogP contribution in [-0.4, -0.2) is 25.0 Å². The van der Waals surface area contributed by atoms with Gasteiger partial charge in [0.2, 0.25) is 5.91 Å². The van der Waals surface area contributed by atoms with E-state index in [2.05, 4.69) is 5.32 Å². The molecule has 1 fully saturated rings. The Balaban J connectivity index is 1.59. The molecule has 2 aromatic carbocycles. The molecule has 0 aliphatic heterocycles. The van der Waals surface area contributed by atoms with Gasteiger partial charge in [0.1, 0.15) is 5.75 Å². The van der Waals surface area contributed by atoms with Gasteiger partial charge in [0, 0.05) is 30.9 Å². The van der Waals surface area contributed by atoms with Crippen LogP contribution in [0.15, 0.2) is 48.5 Å². The molecule has 2 aromatic rings. The third-order valence-electron chi connectivity index (χ3n) is 4.71. The summed E-state index contributed by atoms with van der Waals surface area (Å²) in [6, 6.07) is 14.4. The summed E-state index contributed by atoms with van der Waals surface area (Å²) in [6.45, 7) is 1.51. The van der Waals surface area contributed by atoms with Gasteiger partial charge in [-0.1, -0.05) is 0 Å². The van der Waals surface area contributed by atoms with Gasteiger partial charge in [-0.15, -0.1) is 0 Å². The van der Waals surface area contributed by atoms with Crippen molar-refractivity contribution in [2.75, 3.05) is 17.3 Å². The second-order valence-electron chi connectivity index (χ2n) is 6.63. The van der Waals surface area contributed by atoms with E-state index >= 15 is 0 Å². The molecular weight excluding hydrogens is 328 g/mol. The summed E-state index contributed by atoms with van der Waals surface area (Å²) in [7, 11) is 1.71. The monoisotopic (exact) mass is 352 g/mol. The minimum atomic E-state index is -0.176. The van der Waals surface area contributed by atoms with Crippen molar-refractivity contribution < 1.29 is 14.3 Å². The van der Waals surface area contributed by atoms with Crippen LogP contribution in [0, 0.1) is 0 Å². The van der Waals surface area contributed by atoms with Crippen LogP contribution in [0.3, 0.4) is 0 Å². The highest BCUT2D eigenvalue weighted by molar-refractivity contribution is 6.04. The second-order valence-corrected chi connectivity index (χ2v) is 6.63. The Kier molecular flexibility index (Phi) is 5.56. The number of ether oxygens (including phenoxy) is 1. The molecule has 136 valence electrons. The van der Waals surface area contributed by atoms with Crippen LogP contribution >= 0.6 is 0 Å². The van der Waals surface area contributed by atoms with Crippen LogP contribution in [-0.2, 0) is 4.79 Å². The summed E-state index contributed by atoms with van der Waals surface area (Å²) in [5, 5.41) is 2.86. The Morgan fingerprint density at radius 1 is 1.00 bits per heavy atom. The van der Waals surface area contributed by atoms with Crippen molar-refractivity contribution >= 4 is 23.2 Å². The average molecular weight is 352 g/mol. The van der Waals surface area contributed by atoms with E-state index in [1.165, 1.54) is 19.8 Å². The standard InChI is InChI=1S/C21H24N2O3/c1-15(24)23(2)18-11-9-17(10-12-18)22-21(25)16-7-13-20(14-8-16)26-19-5-3-4-6-19/h7-14,19H,3-6H2,1-2H3,(H,22,25).